The van der Waals surface area contributed by atoms with Gasteiger partial charge in [-0.3, -0.25) is 4.90 Å². The standard InChI is InChI=1S/C15H20NO4/c1-15(2,3)20-14(19)16(4)12(13(17)18)10-11-8-6-5-7-9-11/h5-9,12H,4,10H2,1-3H3,(H,17,18)/t12-/m0/s1. The third kappa shape index (κ3) is 4.91. The smallest absolute Gasteiger partial charge is 0.411 e. The van der Waals surface area contributed by atoms with Crippen molar-refractivity contribution in [3.8, 4) is 0 Å². The monoisotopic (exact) mass is 278 g/mol. The molecule has 1 amide bonds. The lowest BCUT2D eigenvalue weighted by Gasteiger charge is -2.28. The second kappa shape index (κ2) is 6.41. The Morgan fingerprint density at radius 3 is 2.30 bits per heavy atom. The van der Waals surface area contributed by atoms with Crippen molar-refractivity contribution >= 4 is 12.1 Å². The van der Waals surface area contributed by atoms with E-state index in [9.17, 15) is 14.7 Å². The Hall–Kier alpha value is -2.04. The molecule has 0 spiro atoms. The minimum atomic E-state index is -1.12. The Bertz CT molecular complexity index is 465. The highest BCUT2D eigenvalue weighted by molar-refractivity contribution is 5.80. The van der Waals surface area contributed by atoms with Crippen LogP contribution in [0, 0.1) is 7.05 Å². The van der Waals surface area contributed by atoms with Gasteiger partial charge in [-0.15, -0.1) is 0 Å². The fourth-order valence-electron chi connectivity index (χ4n) is 1.62. The summed E-state index contributed by atoms with van der Waals surface area (Å²) in [5.74, 6) is -1.12. The number of carboxylic acids is 1. The third-order valence-electron chi connectivity index (χ3n) is 2.56. The summed E-state index contributed by atoms with van der Waals surface area (Å²) in [4.78, 5) is 24.1. The second-order valence-electron chi connectivity index (χ2n) is 5.49. The highest BCUT2D eigenvalue weighted by atomic mass is 16.6. The van der Waals surface area contributed by atoms with Crippen LogP contribution >= 0.6 is 0 Å². The van der Waals surface area contributed by atoms with Crippen molar-refractivity contribution < 1.29 is 19.4 Å². The van der Waals surface area contributed by atoms with Crippen LogP contribution in [-0.4, -0.2) is 33.7 Å². The van der Waals surface area contributed by atoms with Gasteiger partial charge in [-0.2, -0.15) is 0 Å². The summed E-state index contributed by atoms with van der Waals surface area (Å²) in [7, 11) is 3.52. The third-order valence-corrected chi connectivity index (χ3v) is 2.56. The molecular weight excluding hydrogens is 258 g/mol. The Labute approximate surface area is 119 Å². The fourth-order valence-corrected chi connectivity index (χ4v) is 1.62. The molecule has 0 unspecified atom stereocenters. The average Bonchev–Trinajstić information content (AvgIpc) is 2.34. The minimum absolute atomic E-state index is 0.179. The zero-order valence-electron chi connectivity index (χ0n) is 12.0. The van der Waals surface area contributed by atoms with Crippen molar-refractivity contribution in [1.29, 1.82) is 0 Å². The molecule has 0 fully saturated rings. The van der Waals surface area contributed by atoms with Crippen molar-refractivity contribution in [3.05, 3.63) is 42.9 Å². The van der Waals surface area contributed by atoms with Gasteiger partial charge in [0.15, 0.2) is 0 Å². The summed E-state index contributed by atoms with van der Waals surface area (Å²) in [6.07, 6.45) is -0.570. The Balaban J connectivity index is 2.81. The van der Waals surface area contributed by atoms with Crippen molar-refractivity contribution in [2.24, 2.45) is 0 Å². The molecule has 5 nitrogen and oxygen atoms in total. The average molecular weight is 278 g/mol. The lowest BCUT2D eigenvalue weighted by Crippen LogP contribution is -2.44. The van der Waals surface area contributed by atoms with E-state index in [4.69, 9.17) is 4.74 Å². The number of ether oxygens (including phenoxy) is 1. The predicted octanol–water partition coefficient (Wildman–Crippen LogP) is 2.71. The number of hydrogen-bond acceptors (Lipinski definition) is 3. The summed E-state index contributed by atoms with van der Waals surface area (Å²) in [5, 5.41) is 9.26. The molecule has 0 aliphatic heterocycles. The molecule has 5 heteroatoms. The van der Waals surface area contributed by atoms with Gasteiger partial charge in [0.05, 0.1) is 0 Å². The number of nitrogens with zero attached hydrogens (tertiary/aromatic N) is 1. The van der Waals surface area contributed by atoms with E-state index < -0.39 is 23.7 Å². The number of amides is 1. The normalized spacial score (nSPS) is 12.6. The molecule has 0 bridgehead atoms. The number of carbonyl (C=O) groups excluding carboxylic acids is 1. The maximum absolute atomic E-state index is 11.9. The van der Waals surface area contributed by atoms with Crippen molar-refractivity contribution in [2.75, 3.05) is 0 Å². The lowest BCUT2D eigenvalue weighted by atomic mass is 10.1. The number of benzene rings is 1. The van der Waals surface area contributed by atoms with E-state index in [1.165, 1.54) is 0 Å². The molecular formula is C15H20NO4. The summed E-state index contributed by atoms with van der Waals surface area (Å²) in [6, 6.07) is 8.02. The van der Waals surface area contributed by atoms with Crippen LogP contribution in [-0.2, 0) is 16.0 Å². The van der Waals surface area contributed by atoms with Crippen LogP contribution in [0.4, 0.5) is 4.79 Å². The maximum atomic E-state index is 11.9. The van der Waals surface area contributed by atoms with Gasteiger partial charge in [0, 0.05) is 13.5 Å². The first-order chi connectivity index (χ1) is 9.20. The molecule has 1 atom stereocenters. The van der Waals surface area contributed by atoms with E-state index >= 15 is 0 Å². The van der Waals surface area contributed by atoms with Gasteiger partial charge in [-0.1, -0.05) is 30.3 Å². The van der Waals surface area contributed by atoms with Gasteiger partial charge in [0.1, 0.15) is 11.6 Å². The molecule has 0 aromatic heterocycles. The van der Waals surface area contributed by atoms with Crippen molar-refractivity contribution in [1.82, 2.24) is 4.90 Å². The number of hydrogen-bond donors (Lipinski definition) is 1. The summed E-state index contributed by atoms with van der Waals surface area (Å²) in [6.45, 7) is 5.14. The zero-order chi connectivity index (χ0) is 15.3. The summed E-state index contributed by atoms with van der Waals surface area (Å²) < 4.78 is 5.13. The molecule has 1 radical (unpaired) electrons. The first-order valence-electron chi connectivity index (χ1n) is 6.30. The summed E-state index contributed by atoms with van der Waals surface area (Å²) >= 11 is 0. The van der Waals surface area contributed by atoms with Crippen LogP contribution in [0.15, 0.2) is 30.3 Å². The SMILES string of the molecule is [CH2]N(C(=O)OC(C)(C)C)[C@@H](Cc1ccccc1)C(=O)O. The minimum Gasteiger partial charge on any atom is -0.480 e. The second-order valence-corrected chi connectivity index (χ2v) is 5.49. The topological polar surface area (TPSA) is 66.8 Å². The fraction of sp³-hybridized carbons (Fsp3) is 0.400. The van der Waals surface area contributed by atoms with E-state index in [2.05, 4.69) is 7.05 Å². The van der Waals surface area contributed by atoms with Gasteiger partial charge >= 0.3 is 12.1 Å². The summed E-state index contributed by atoms with van der Waals surface area (Å²) in [5.41, 5.74) is 0.125. The maximum Gasteiger partial charge on any atom is 0.411 e. The molecule has 1 rings (SSSR count). The van der Waals surface area contributed by atoms with Crippen LogP contribution in [0.5, 0.6) is 0 Å². The Morgan fingerprint density at radius 1 is 1.30 bits per heavy atom. The highest BCUT2D eigenvalue weighted by Crippen LogP contribution is 2.14. The molecule has 0 saturated carbocycles. The number of rotatable bonds is 4. The van der Waals surface area contributed by atoms with E-state index in [0.717, 1.165) is 10.5 Å². The Morgan fingerprint density at radius 2 is 1.85 bits per heavy atom. The van der Waals surface area contributed by atoms with Gasteiger partial charge in [0.2, 0.25) is 0 Å². The van der Waals surface area contributed by atoms with Crippen LogP contribution in [0.3, 0.4) is 0 Å². The van der Waals surface area contributed by atoms with Crippen LogP contribution in [0.1, 0.15) is 26.3 Å². The Kier molecular flexibility index (Phi) is 5.13. The van der Waals surface area contributed by atoms with E-state index in [1.807, 2.05) is 18.2 Å². The first kappa shape index (κ1) is 16.0. The van der Waals surface area contributed by atoms with Crippen LogP contribution in [0.2, 0.25) is 0 Å². The molecule has 109 valence electrons. The molecule has 20 heavy (non-hydrogen) atoms. The molecule has 1 aromatic carbocycles. The molecule has 0 heterocycles. The predicted molar refractivity (Wildman–Crippen MR) is 75.0 cm³/mol. The van der Waals surface area contributed by atoms with E-state index in [0.29, 0.717) is 0 Å². The van der Waals surface area contributed by atoms with Crippen molar-refractivity contribution in [3.63, 3.8) is 0 Å². The lowest BCUT2D eigenvalue weighted by molar-refractivity contribution is -0.142. The van der Waals surface area contributed by atoms with E-state index in [-0.39, 0.29) is 6.42 Å². The highest BCUT2D eigenvalue weighted by Gasteiger charge is 2.30. The van der Waals surface area contributed by atoms with Gasteiger partial charge in [-0.25, -0.2) is 9.59 Å². The van der Waals surface area contributed by atoms with Crippen molar-refractivity contribution in [2.45, 2.75) is 38.8 Å². The largest absolute Gasteiger partial charge is 0.480 e. The number of carbonyl (C=O) groups is 2. The molecule has 0 aliphatic carbocycles. The van der Waals surface area contributed by atoms with Gasteiger partial charge in [0.25, 0.3) is 0 Å². The molecule has 0 saturated heterocycles. The van der Waals surface area contributed by atoms with Crippen LogP contribution in [0.25, 0.3) is 0 Å². The first-order valence-corrected chi connectivity index (χ1v) is 6.30. The number of aliphatic carboxylic acids is 1. The van der Waals surface area contributed by atoms with Gasteiger partial charge < -0.3 is 9.84 Å². The van der Waals surface area contributed by atoms with Gasteiger partial charge in [-0.05, 0) is 26.3 Å². The molecule has 1 N–H and O–H groups in total. The number of carboxylic acid groups (broad SMARTS) is 1. The van der Waals surface area contributed by atoms with E-state index in [1.54, 1.807) is 32.9 Å². The molecule has 1 aromatic rings. The zero-order valence-corrected chi connectivity index (χ0v) is 12.0. The van der Waals surface area contributed by atoms with Crippen LogP contribution < -0.4 is 0 Å². The molecule has 0 aliphatic rings. The quantitative estimate of drug-likeness (QED) is 0.919.